The lowest BCUT2D eigenvalue weighted by Gasteiger charge is -2.22. The number of likely N-dealkylation sites (N-methyl/N-ethyl adjacent to an activating group) is 1. The summed E-state index contributed by atoms with van der Waals surface area (Å²) in [6, 6.07) is 4.09. The number of aromatic nitrogens is 1. The molecule has 2 N–H and O–H groups in total. The first kappa shape index (κ1) is 19.8. The lowest BCUT2D eigenvalue weighted by molar-refractivity contribution is -0.119. The van der Waals surface area contributed by atoms with Crippen LogP contribution in [0.3, 0.4) is 0 Å². The first-order valence-electron chi connectivity index (χ1n) is 6.94. The third-order valence-corrected chi connectivity index (χ3v) is 2.89. The Balaban J connectivity index is 0.00000400. The van der Waals surface area contributed by atoms with Crippen LogP contribution in [0.5, 0.6) is 0 Å². The van der Waals surface area contributed by atoms with E-state index in [1.54, 1.807) is 0 Å². The van der Waals surface area contributed by atoms with Crippen LogP contribution in [0.15, 0.2) is 23.3 Å². The standard InChI is InChI=1S/C14H25N5O.HI/c1-5-15-13(20)10-17-14(16-6-2)19(4)11-12-8-7-9-18(12)3;/h7-9H,5-6,10-11H2,1-4H3,(H,15,20)(H,16,17);1H. The Hall–Kier alpha value is -1.25. The van der Waals surface area contributed by atoms with E-state index in [4.69, 9.17) is 0 Å². The van der Waals surface area contributed by atoms with Crippen molar-refractivity contribution >= 4 is 35.8 Å². The highest BCUT2D eigenvalue weighted by atomic mass is 127. The Morgan fingerprint density at radius 3 is 2.52 bits per heavy atom. The van der Waals surface area contributed by atoms with Gasteiger partial charge in [-0.15, -0.1) is 24.0 Å². The summed E-state index contributed by atoms with van der Waals surface area (Å²) in [6.07, 6.45) is 2.02. The molecule has 6 nitrogen and oxygen atoms in total. The van der Waals surface area contributed by atoms with E-state index in [-0.39, 0.29) is 36.4 Å². The van der Waals surface area contributed by atoms with Crippen LogP contribution in [-0.4, -0.2) is 48.0 Å². The molecule has 0 aliphatic carbocycles. The molecule has 1 rings (SSSR count). The van der Waals surface area contributed by atoms with E-state index in [9.17, 15) is 4.79 Å². The molecule has 7 heteroatoms. The summed E-state index contributed by atoms with van der Waals surface area (Å²) in [4.78, 5) is 17.8. The zero-order chi connectivity index (χ0) is 15.0. The van der Waals surface area contributed by atoms with Crippen LogP contribution in [0, 0.1) is 0 Å². The molecule has 0 fully saturated rings. The SMILES string of the molecule is CCNC(=O)CN=C(NCC)N(C)Cc1cccn1C.I. The monoisotopic (exact) mass is 407 g/mol. The van der Waals surface area contributed by atoms with Crippen LogP contribution in [0.2, 0.25) is 0 Å². The molecule has 1 amide bonds. The lowest BCUT2D eigenvalue weighted by atomic mass is 10.4. The van der Waals surface area contributed by atoms with Crippen LogP contribution in [0.1, 0.15) is 19.5 Å². The number of guanidine groups is 1. The summed E-state index contributed by atoms with van der Waals surface area (Å²) in [5.74, 6) is 0.676. The van der Waals surface area contributed by atoms with Gasteiger partial charge < -0.3 is 20.1 Å². The lowest BCUT2D eigenvalue weighted by Crippen LogP contribution is -2.39. The Bertz CT molecular complexity index is 458. The van der Waals surface area contributed by atoms with E-state index in [0.717, 1.165) is 19.0 Å². The first-order chi connectivity index (χ1) is 9.58. The number of nitrogens with zero attached hydrogens (tertiary/aromatic N) is 3. The molecule has 0 spiro atoms. The van der Waals surface area contributed by atoms with Crippen molar-refractivity contribution in [2.24, 2.45) is 12.0 Å². The van der Waals surface area contributed by atoms with Crippen molar-refractivity contribution in [3.05, 3.63) is 24.0 Å². The summed E-state index contributed by atoms with van der Waals surface area (Å²) in [5.41, 5.74) is 1.19. The minimum atomic E-state index is -0.0600. The molecule has 0 aliphatic rings. The number of amides is 1. The summed E-state index contributed by atoms with van der Waals surface area (Å²) in [6.45, 7) is 6.19. The van der Waals surface area contributed by atoms with Crippen LogP contribution in [0.25, 0.3) is 0 Å². The van der Waals surface area contributed by atoms with Gasteiger partial charge in [-0.1, -0.05) is 0 Å². The van der Waals surface area contributed by atoms with Gasteiger partial charge in [-0.25, -0.2) is 4.99 Å². The van der Waals surface area contributed by atoms with Crippen molar-refractivity contribution in [1.82, 2.24) is 20.1 Å². The number of hydrogen-bond donors (Lipinski definition) is 2. The second-order valence-electron chi connectivity index (χ2n) is 4.59. The molecule has 0 bridgehead atoms. The van der Waals surface area contributed by atoms with Gasteiger partial charge in [0, 0.05) is 39.1 Å². The van der Waals surface area contributed by atoms with Gasteiger partial charge in [0.2, 0.25) is 5.91 Å². The van der Waals surface area contributed by atoms with Crippen molar-refractivity contribution in [2.45, 2.75) is 20.4 Å². The molecule has 0 radical (unpaired) electrons. The third kappa shape index (κ3) is 6.83. The molecule has 0 aromatic carbocycles. The number of carbonyl (C=O) groups is 1. The van der Waals surface area contributed by atoms with Gasteiger partial charge in [-0.2, -0.15) is 0 Å². The number of hydrogen-bond acceptors (Lipinski definition) is 2. The molecular formula is C14H26IN5O. The summed E-state index contributed by atoms with van der Waals surface area (Å²) in [7, 11) is 3.98. The molecule has 21 heavy (non-hydrogen) atoms. The van der Waals surface area contributed by atoms with Crippen molar-refractivity contribution in [3.8, 4) is 0 Å². The van der Waals surface area contributed by atoms with Gasteiger partial charge >= 0.3 is 0 Å². The number of aliphatic imine (C=N–C) groups is 1. The van der Waals surface area contributed by atoms with E-state index in [0.29, 0.717) is 6.54 Å². The predicted molar refractivity (Wildman–Crippen MR) is 97.0 cm³/mol. The summed E-state index contributed by atoms with van der Waals surface area (Å²) < 4.78 is 2.07. The van der Waals surface area contributed by atoms with Crippen LogP contribution >= 0.6 is 24.0 Å². The second kappa shape index (κ2) is 10.5. The number of carbonyl (C=O) groups excluding carboxylic acids is 1. The fourth-order valence-electron chi connectivity index (χ4n) is 1.85. The van der Waals surface area contributed by atoms with E-state index in [1.165, 1.54) is 5.69 Å². The van der Waals surface area contributed by atoms with Crippen LogP contribution < -0.4 is 10.6 Å². The van der Waals surface area contributed by atoms with Gasteiger partial charge in [-0.05, 0) is 26.0 Å². The molecule has 0 aliphatic heterocycles. The summed E-state index contributed by atoms with van der Waals surface area (Å²) in [5, 5.41) is 5.94. The summed E-state index contributed by atoms with van der Waals surface area (Å²) >= 11 is 0. The van der Waals surface area contributed by atoms with Gasteiger partial charge in [0.05, 0.1) is 6.54 Å². The molecule has 0 saturated heterocycles. The maximum absolute atomic E-state index is 11.5. The molecule has 0 atom stereocenters. The van der Waals surface area contributed by atoms with E-state index < -0.39 is 0 Å². The Morgan fingerprint density at radius 1 is 1.33 bits per heavy atom. The highest BCUT2D eigenvalue weighted by molar-refractivity contribution is 14.0. The second-order valence-corrected chi connectivity index (χ2v) is 4.59. The highest BCUT2D eigenvalue weighted by Gasteiger charge is 2.09. The van der Waals surface area contributed by atoms with Gasteiger partial charge in [0.1, 0.15) is 6.54 Å². The molecule has 1 heterocycles. The number of nitrogens with one attached hydrogen (secondary N) is 2. The Kier molecular flexibility index (Phi) is 9.85. The normalized spacial score (nSPS) is 10.8. The van der Waals surface area contributed by atoms with Crippen molar-refractivity contribution < 1.29 is 4.79 Å². The number of halogens is 1. The van der Waals surface area contributed by atoms with Gasteiger partial charge in [0.15, 0.2) is 5.96 Å². The maximum atomic E-state index is 11.5. The average Bonchev–Trinajstić information content (AvgIpc) is 2.80. The molecule has 0 saturated carbocycles. The quantitative estimate of drug-likeness (QED) is 0.423. The molecule has 1 aromatic rings. The zero-order valence-corrected chi connectivity index (χ0v) is 15.5. The first-order valence-corrected chi connectivity index (χ1v) is 6.94. The topological polar surface area (TPSA) is 61.7 Å². The Labute approximate surface area is 144 Å². The van der Waals surface area contributed by atoms with E-state index >= 15 is 0 Å². The molecular weight excluding hydrogens is 381 g/mol. The molecule has 0 unspecified atom stereocenters. The fraction of sp³-hybridized carbons (Fsp3) is 0.571. The van der Waals surface area contributed by atoms with Crippen molar-refractivity contribution in [3.63, 3.8) is 0 Å². The largest absolute Gasteiger partial charge is 0.357 e. The maximum Gasteiger partial charge on any atom is 0.241 e. The number of rotatable bonds is 6. The van der Waals surface area contributed by atoms with Crippen LogP contribution in [0.4, 0.5) is 0 Å². The van der Waals surface area contributed by atoms with Crippen molar-refractivity contribution in [1.29, 1.82) is 0 Å². The van der Waals surface area contributed by atoms with E-state index in [1.807, 2.05) is 45.1 Å². The van der Waals surface area contributed by atoms with Crippen molar-refractivity contribution in [2.75, 3.05) is 26.7 Å². The van der Waals surface area contributed by atoms with Crippen LogP contribution in [-0.2, 0) is 18.4 Å². The minimum Gasteiger partial charge on any atom is -0.357 e. The number of aryl methyl sites for hydroxylation is 1. The predicted octanol–water partition coefficient (Wildman–Crippen LogP) is 1.18. The zero-order valence-electron chi connectivity index (χ0n) is 13.2. The smallest absolute Gasteiger partial charge is 0.241 e. The fourth-order valence-corrected chi connectivity index (χ4v) is 1.85. The highest BCUT2D eigenvalue weighted by Crippen LogP contribution is 2.03. The Morgan fingerprint density at radius 2 is 2.00 bits per heavy atom. The molecule has 120 valence electrons. The van der Waals surface area contributed by atoms with Gasteiger partial charge in [-0.3, -0.25) is 4.79 Å². The minimum absolute atomic E-state index is 0. The van der Waals surface area contributed by atoms with E-state index in [2.05, 4.69) is 26.3 Å². The van der Waals surface area contributed by atoms with Gasteiger partial charge in [0.25, 0.3) is 0 Å². The molecule has 1 aromatic heterocycles. The third-order valence-electron chi connectivity index (χ3n) is 2.89. The average molecular weight is 407 g/mol.